The molecule has 0 saturated heterocycles. The van der Waals surface area contributed by atoms with Crippen molar-refractivity contribution in [2.24, 2.45) is 17.8 Å². The van der Waals surface area contributed by atoms with Crippen LogP contribution in [0, 0.1) is 29.4 Å². The highest BCUT2D eigenvalue weighted by Crippen LogP contribution is 2.47. The molecule has 2 aromatic rings. The first kappa shape index (κ1) is 21.1. The summed E-state index contributed by atoms with van der Waals surface area (Å²) in [6, 6.07) is 9.25. The zero-order chi connectivity index (χ0) is 21.5. The summed E-state index contributed by atoms with van der Waals surface area (Å²) in [5.41, 5.74) is 1.94. The molecule has 2 aliphatic carbocycles. The normalized spacial score (nSPS) is 26.9. The number of benzene rings is 2. The van der Waals surface area contributed by atoms with E-state index in [1.807, 2.05) is 12.1 Å². The summed E-state index contributed by atoms with van der Waals surface area (Å²) in [5.74, 6) is -1.24. The second-order valence-electron chi connectivity index (χ2n) is 8.89. The van der Waals surface area contributed by atoms with E-state index in [4.69, 9.17) is 0 Å². The lowest BCUT2D eigenvalue weighted by Crippen LogP contribution is -2.29. The summed E-state index contributed by atoms with van der Waals surface area (Å²) in [7, 11) is 0. The van der Waals surface area contributed by atoms with Crippen LogP contribution in [0.5, 0.6) is 5.75 Å². The monoisotopic (exact) mass is 424 g/mol. The van der Waals surface area contributed by atoms with E-state index in [1.165, 1.54) is 37.7 Å². The fourth-order valence-electron chi connectivity index (χ4n) is 5.31. The van der Waals surface area contributed by atoms with Crippen LogP contribution >= 0.6 is 0 Å². The van der Waals surface area contributed by atoms with E-state index < -0.39 is 23.7 Å². The lowest BCUT2D eigenvalue weighted by Gasteiger charge is -2.41. The molecule has 0 amide bonds. The minimum atomic E-state index is -5.15. The molecule has 162 valence electrons. The van der Waals surface area contributed by atoms with Gasteiger partial charge >= 0.3 is 6.36 Å². The van der Waals surface area contributed by atoms with Crippen LogP contribution in [0.4, 0.5) is 22.0 Å². The van der Waals surface area contributed by atoms with Gasteiger partial charge < -0.3 is 4.74 Å². The summed E-state index contributed by atoms with van der Waals surface area (Å²) < 4.78 is 68.4. The summed E-state index contributed by atoms with van der Waals surface area (Å²) >= 11 is 0. The smallest absolute Gasteiger partial charge is 0.399 e. The Bertz CT molecular complexity index is 866. The fraction of sp³-hybridized carbons (Fsp3) is 0.500. The van der Waals surface area contributed by atoms with Crippen molar-refractivity contribution in [1.29, 1.82) is 0 Å². The van der Waals surface area contributed by atoms with Crippen LogP contribution in [-0.4, -0.2) is 6.36 Å². The van der Waals surface area contributed by atoms with Gasteiger partial charge in [-0.1, -0.05) is 37.6 Å². The lowest BCUT2D eigenvalue weighted by molar-refractivity contribution is -0.276. The molecule has 6 heteroatoms. The molecular weight excluding hydrogens is 399 g/mol. The third-order valence-electron chi connectivity index (χ3n) is 6.81. The third-order valence-corrected chi connectivity index (χ3v) is 6.81. The molecule has 30 heavy (non-hydrogen) atoms. The highest BCUT2D eigenvalue weighted by molar-refractivity contribution is 5.65. The quantitative estimate of drug-likeness (QED) is 0.456. The lowest BCUT2D eigenvalue weighted by atomic mass is 9.64. The molecule has 2 fully saturated rings. The zero-order valence-corrected chi connectivity index (χ0v) is 16.8. The molecule has 4 atom stereocenters. The van der Waals surface area contributed by atoms with E-state index in [0.717, 1.165) is 36.3 Å². The number of hydrogen-bond donors (Lipinski definition) is 0. The van der Waals surface area contributed by atoms with Crippen LogP contribution in [0.25, 0.3) is 11.1 Å². The van der Waals surface area contributed by atoms with Crippen LogP contribution < -0.4 is 4.74 Å². The van der Waals surface area contributed by atoms with E-state index in [-0.39, 0.29) is 5.56 Å². The van der Waals surface area contributed by atoms with Crippen molar-refractivity contribution in [3.63, 3.8) is 0 Å². The highest BCUT2D eigenvalue weighted by atomic mass is 19.4. The van der Waals surface area contributed by atoms with Gasteiger partial charge in [0.1, 0.15) is 0 Å². The first-order valence-corrected chi connectivity index (χ1v) is 10.5. The van der Waals surface area contributed by atoms with E-state index in [0.29, 0.717) is 11.5 Å². The molecule has 2 aromatic carbocycles. The van der Waals surface area contributed by atoms with E-state index in [2.05, 4.69) is 11.7 Å². The maximum Gasteiger partial charge on any atom is 0.573 e. The predicted molar refractivity (Wildman–Crippen MR) is 105 cm³/mol. The predicted octanol–water partition coefficient (Wildman–Crippen LogP) is 7.85. The van der Waals surface area contributed by atoms with Gasteiger partial charge in [-0.3, -0.25) is 0 Å². The van der Waals surface area contributed by atoms with Gasteiger partial charge in [0.2, 0.25) is 5.75 Å². The molecule has 0 spiro atoms. The average molecular weight is 424 g/mol. The van der Waals surface area contributed by atoms with Crippen LogP contribution in [0.2, 0.25) is 0 Å². The van der Waals surface area contributed by atoms with Crippen LogP contribution in [-0.2, 0) is 0 Å². The van der Waals surface area contributed by atoms with Crippen molar-refractivity contribution in [3.8, 4) is 16.9 Å². The van der Waals surface area contributed by atoms with Crippen LogP contribution in [0.15, 0.2) is 36.4 Å². The molecule has 1 unspecified atom stereocenters. The Labute approximate surface area is 173 Å². The molecule has 0 aromatic heterocycles. The van der Waals surface area contributed by atoms with E-state index >= 15 is 0 Å². The van der Waals surface area contributed by atoms with Gasteiger partial charge in [-0.25, -0.2) is 8.78 Å². The summed E-state index contributed by atoms with van der Waals surface area (Å²) in [6.07, 6.45) is 2.37. The summed E-state index contributed by atoms with van der Waals surface area (Å²) in [5, 5.41) is 0. The Hall–Kier alpha value is -2.11. The molecule has 0 aliphatic heterocycles. The van der Waals surface area contributed by atoms with E-state index in [1.54, 1.807) is 12.1 Å². The molecule has 2 saturated carbocycles. The van der Waals surface area contributed by atoms with E-state index in [9.17, 15) is 22.0 Å². The number of fused-ring (bicyclic) bond motifs is 1. The van der Waals surface area contributed by atoms with Gasteiger partial charge in [0.05, 0.1) is 0 Å². The van der Waals surface area contributed by atoms with Crippen LogP contribution in [0.1, 0.15) is 56.9 Å². The minimum Gasteiger partial charge on any atom is -0.399 e. The molecule has 0 heterocycles. The number of rotatable bonds is 3. The Balaban J connectivity index is 1.49. The summed E-state index contributed by atoms with van der Waals surface area (Å²) in [6.45, 7) is 2.34. The molecule has 0 radical (unpaired) electrons. The molecular formula is C24H25F5O. The van der Waals surface area contributed by atoms with Gasteiger partial charge in [-0.2, -0.15) is 0 Å². The molecule has 2 aliphatic rings. The Morgan fingerprint density at radius 2 is 1.40 bits per heavy atom. The number of halogens is 5. The first-order valence-electron chi connectivity index (χ1n) is 10.5. The SMILES string of the molecule is CC1CC[C@@H]2C[C@H](c3ccc(-c4cc(F)c(OC(F)(F)F)c(F)c4)cc3)CC[C@@H]2C1. The average Bonchev–Trinajstić information content (AvgIpc) is 2.69. The number of alkyl halides is 3. The van der Waals surface area contributed by atoms with Crippen molar-refractivity contribution in [2.45, 2.75) is 57.7 Å². The van der Waals surface area contributed by atoms with Gasteiger partial charge in [0.15, 0.2) is 11.6 Å². The second kappa shape index (κ2) is 8.20. The Morgan fingerprint density at radius 3 is 2.03 bits per heavy atom. The van der Waals surface area contributed by atoms with Crippen molar-refractivity contribution in [2.75, 3.05) is 0 Å². The zero-order valence-electron chi connectivity index (χ0n) is 16.8. The largest absolute Gasteiger partial charge is 0.573 e. The fourth-order valence-corrected chi connectivity index (χ4v) is 5.31. The third kappa shape index (κ3) is 4.62. The maximum absolute atomic E-state index is 14.0. The van der Waals surface area contributed by atoms with Crippen LogP contribution in [0.3, 0.4) is 0 Å². The van der Waals surface area contributed by atoms with Crippen molar-refractivity contribution < 1.29 is 26.7 Å². The Kier molecular flexibility index (Phi) is 5.78. The van der Waals surface area contributed by atoms with Crippen molar-refractivity contribution >= 4 is 0 Å². The number of hydrogen-bond acceptors (Lipinski definition) is 1. The first-order chi connectivity index (χ1) is 14.2. The van der Waals surface area contributed by atoms with Gasteiger partial charge in [0.25, 0.3) is 0 Å². The molecule has 0 bridgehead atoms. The standard InChI is InChI=1S/C24H25F5O/c1-14-2-3-19-11-18(9-8-17(19)10-14)15-4-6-16(7-5-15)20-12-21(25)23(22(26)13-20)30-24(27,28)29/h4-7,12-14,17-19H,2-3,8-11H2,1H3/t14?,17-,18-,19-/m1/s1. The van der Waals surface area contributed by atoms with Crippen molar-refractivity contribution in [1.82, 2.24) is 0 Å². The van der Waals surface area contributed by atoms with Gasteiger partial charge in [0, 0.05) is 0 Å². The van der Waals surface area contributed by atoms with Crippen molar-refractivity contribution in [3.05, 3.63) is 53.6 Å². The minimum absolute atomic E-state index is 0.177. The molecule has 4 rings (SSSR count). The molecule has 1 nitrogen and oxygen atoms in total. The maximum atomic E-state index is 14.0. The summed E-state index contributed by atoms with van der Waals surface area (Å²) in [4.78, 5) is 0. The highest BCUT2D eigenvalue weighted by Gasteiger charge is 2.35. The topological polar surface area (TPSA) is 9.23 Å². The second-order valence-corrected chi connectivity index (χ2v) is 8.89. The van der Waals surface area contributed by atoms with Gasteiger partial charge in [-0.15, -0.1) is 13.2 Å². The number of ether oxygens (including phenoxy) is 1. The Morgan fingerprint density at radius 1 is 0.800 bits per heavy atom. The van der Waals surface area contributed by atoms with Gasteiger partial charge in [-0.05, 0) is 84.6 Å². The molecule has 0 N–H and O–H groups in total.